The molecule has 0 fully saturated rings. The van der Waals surface area contributed by atoms with Crippen molar-refractivity contribution in [3.8, 4) is 0 Å². The SMILES string of the molecule is CC[Si](CC)(CC)COC(=O)CC(C)=N. The second-order valence-electron chi connectivity index (χ2n) is 4.18. The van der Waals surface area contributed by atoms with Gasteiger partial charge in [-0.25, -0.2) is 0 Å². The highest BCUT2D eigenvalue weighted by Gasteiger charge is 2.28. The van der Waals surface area contributed by atoms with Crippen LogP contribution in [0.25, 0.3) is 0 Å². The number of nitrogens with one attached hydrogen (secondary N) is 1. The van der Waals surface area contributed by atoms with Crippen molar-refractivity contribution in [3.63, 3.8) is 0 Å². The van der Waals surface area contributed by atoms with Gasteiger partial charge in [0.05, 0.1) is 20.7 Å². The van der Waals surface area contributed by atoms with Crippen molar-refractivity contribution in [1.82, 2.24) is 0 Å². The van der Waals surface area contributed by atoms with Crippen molar-refractivity contribution in [2.75, 3.05) is 6.23 Å². The largest absolute Gasteiger partial charge is 0.469 e. The van der Waals surface area contributed by atoms with Crippen LogP contribution in [0, 0.1) is 5.41 Å². The standard InChI is InChI=1S/C11H23NO2Si/c1-5-15(6-2,7-3)9-14-11(13)8-10(4)12/h12H,5-9H2,1-4H3. The first-order valence-corrected chi connectivity index (χ1v) is 8.52. The molecule has 0 radical (unpaired) electrons. The van der Waals surface area contributed by atoms with Crippen molar-refractivity contribution in [3.05, 3.63) is 0 Å². The van der Waals surface area contributed by atoms with Gasteiger partial charge in [-0.1, -0.05) is 38.9 Å². The van der Waals surface area contributed by atoms with Crippen LogP contribution in [-0.4, -0.2) is 26.0 Å². The van der Waals surface area contributed by atoms with Crippen LogP contribution in [0.2, 0.25) is 18.1 Å². The Balaban J connectivity index is 4.10. The fraction of sp³-hybridized carbons (Fsp3) is 0.818. The summed E-state index contributed by atoms with van der Waals surface area (Å²) in [7, 11) is -1.34. The molecule has 0 saturated heterocycles. The number of carbonyl (C=O) groups excluding carboxylic acids is 1. The first kappa shape index (κ1) is 14.4. The predicted octanol–water partition coefficient (Wildman–Crippen LogP) is 3.01. The summed E-state index contributed by atoms with van der Waals surface area (Å²) in [5.41, 5.74) is 0.372. The third-order valence-corrected chi connectivity index (χ3v) is 8.46. The molecule has 0 aliphatic heterocycles. The Hall–Kier alpha value is -0.643. The van der Waals surface area contributed by atoms with Gasteiger partial charge in [0.1, 0.15) is 0 Å². The van der Waals surface area contributed by atoms with E-state index in [1.807, 2.05) is 0 Å². The Morgan fingerprint density at radius 1 is 1.20 bits per heavy atom. The molecule has 0 aromatic carbocycles. The molecule has 0 aliphatic carbocycles. The van der Waals surface area contributed by atoms with Crippen LogP contribution in [0.1, 0.15) is 34.1 Å². The van der Waals surface area contributed by atoms with Crippen LogP contribution in [0.3, 0.4) is 0 Å². The summed E-state index contributed by atoms with van der Waals surface area (Å²) >= 11 is 0. The summed E-state index contributed by atoms with van der Waals surface area (Å²) in [5.74, 6) is -0.241. The molecule has 0 aromatic rings. The molecule has 3 nitrogen and oxygen atoms in total. The highest BCUT2D eigenvalue weighted by Crippen LogP contribution is 2.20. The molecule has 0 bridgehead atoms. The maximum Gasteiger partial charge on any atom is 0.311 e. The lowest BCUT2D eigenvalue weighted by atomic mass is 10.3. The third-order valence-electron chi connectivity index (χ3n) is 3.20. The van der Waals surface area contributed by atoms with Crippen LogP contribution in [0.4, 0.5) is 0 Å². The molecule has 15 heavy (non-hydrogen) atoms. The Bertz CT molecular complexity index is 216. The van der Waals surface area contributed by atoms with Gasteiger partial charge in [0.25, 0.3) is 0 Å². The smallest absolute Gasteiger partial charge is 0.311 e. The number of rotatable bonds is 7. The predicted molar refractivity (Wildman–Crippen MR) is 66.2 cm³/mol. The Labute approximate surface area is 93.7 Å². The van der Waals surface area contributed by atoms with Crippen molar-refractivity contribution in [2.45, 2.75) is 52.2 Å². The lowest BCUT2D eigenvalue weighted by Gasteiger charge is -2.26. The van der Waals surface area contributed by atoms with E-state index in [0.717, 1.165) is 18.1 Å². The van der Waals surface area contributed by atoms with E-state index >= 15 is 0 Å². The van der Waals surface area contributed by atoms with Gasteiger partial charge in [-0.05, 0) is 6.92 Å². The summed E-state index contributed by atoms with van der Waals surface area (Å²) in [5, 5.41) is 7.20. The van der Waals surface area contributed by atoms with Gasteiger partial charge in [-0.3, -0.25) is 4.79 Å². The lowest BCUT2D eigenvalue weighted by molar-refractivity contribution is -0.140. The molecule has 0 amide bonds. The molecule has 0 rings (SSSR count). The van der Waals surface area contributed by atoms with E-state index in [4.69, 9.17) is 10.1 Å². The van der Waals surface area contributed by atoms with Gasteiger partial charge in [0.15, 0.2) is 0 Å². The third kappa shape index (κ3) is 5.11. The van der Waals surface area contributed by atoms with E-state index in [0.29, 0.717) is 11.9 Å². The molecule has 0 unspecified atom stereocenters. The van der Waals surface area contributed by atoms with E-state index in [-0.39, 0.29) is 12.4 Å². The monoisotopic (exact) mass is 229 g/mol. The zero-order valence-corrected chi connectivity index (χ0v) is 11.4. The number of ether oxygens (including phenoxy) is 1. The van der Waals surface area contributed by atoms with Crippen LogP contribution < -0.4 is 0 Å². The molecule has 88 valence electrons. The van der Waals surface area contributed by atoms with Crippen molar-refractivity contribution in [2.24, 2.45) is 0 Å². The topological polar surface area (TPSA) is 50.2 Å². The van der Waals surface area contributed by atoms with Crippen molar-refractivity contribution in [1.29, 1.82) is 5.41 Å². The van der Waals surface area contributed by atoms with Gasteiger partial charge in [0, 0.05) is 5.71 Å². The van der Waals surface area contributed by atoms with Crippen LogP contribution in [-0.2, 0) is 9.53 Å². The minimum absolute atomic E-state index is 0.140. The highest BCUT2D eigenvalue weighted by atomic mass is 28.3. The van der Waals surface area contributed by atoms with E-state index in [1.165, 1.54) is 0 Å². The maximum atomic E-state index is 11.3. The number of esters is 1. The summed E-state index contributed by atoms with van der Waals surface area (Å²) < 4.78 is 5.27. The Morgan fingerprint density at radius 2 is 1.67 bits per heavy atom. The molecule has 0 spiro atoms. The van der Waals surface area contributed by atoms with Gasteiger partial charge in [-0.15, -0.1) is 0 Å². The number of hydrogen-bond donors (Lipinski definition) is 1. The molecular formula is C11H23NO2Si. The van der Waals surface area contributed by atoms with Crippen LogP contribution >= 0.6 is 0 Å². The van der Waals surface area contributed by atoms with Gasteiger partial charge in [-0.2, -0.15) is 0 Å². The quantitative estimate of drug-likeness (QED) is 0.414. The van der Waals surface area contributed by atoms with Crippen LogP contribution in [0.15, 0.2) is 0 Å². The zero-order chi connectivity index (χ0) is 11.9. The van der Waals surface area contributed by atoms with Crippen molar-refractivity contribution >= 4 is 19.8 Å². The Kier molecular flexibility index (Phi) is 6.48. The van der Waals surface area contributed by atoms with Crippen LogP contribution in [0.5, 0.6) is 0 Å². The molecule has 0 heterocycles. The van der Waals surface area contributed by atoms with E-state index in [9.17, 15) is 4.79 Å². The second kappa shape index (κ2) is 6.77. The average molecular weight is 229 g/mol. The summed E-state index contributed by atoms with van der Waals surface area (Å²) in [6.45, 7) is 8.20. The number of hydrogen-bond acceptors (Lipinski definition) is 3. The van der Waals surface area contributed by atoms with Gasteiger partial charge in [0.2, 0.25) is 0 Å². The molecule has 4 heteroatoms. The molecule has 1 N–H and O–H groups in total. The van der Waals surface area contributed by atoms with Gasteiger partial charge < -0.3 is 10.1 Å². The average Bonchev–Trinajstić information content (AvgIpc) is 2.20. The van der Waals surface area contributed by atoms with E-state index in [1.54, 1.807) is 6.92 Å². The zero-order valence-electron chi connectivity index (χ0n) is 10.4. The second-order valence-corrected chi connectivity index (χ2v) is 9.59. The summed E-state index contributed by atoms with van der Waals surface area (Å²) in [4.78, 5) is 11.3. The van der Waals surface area contributed by atoms with E-state index in [2.05, 4.69) is 20.8 Å². The first-order valence-electron chi connectivity index (χ1n) is 5.69. The fourth-order valence-electron chi connectivity index (χ4n) is 1.56. The fourth-order valence-corrected chi connectivity index (χ4v) is 4.14. The number of carbonyl (C=O) groups is 1. The van der Waals surface area contributed by atoms with E-state index < -0.39 is 8.07 Å². The molecule has 0 saturated carbocycles. The molecule has 0 aliphatic rings. The summed E-state index contributed by atoms with van der Waals surface area (Å²) in [6, 6.07) is 3.49. The van der Waals surface area contributed by atoms with Gasteiger partial charge >= 0.3 is 5.97 Å². The molecular weight excluding hydrogens is 206 g/mol. The molecule has 0 atom stereocenters. The Morgan fingerprint density at radius 3 is 2.00 bits per heavy atom. The van der Waals surface area contributed by atoms with Crippen molar-refractivity contribution < 1.29 is 9.53 Å². The minimum Gasteiger partial charge on any atom is -0.469 e. The first-order chi connectivity index (χ1) is 6.99. The highest BCUT2D eigenvalue weighted by molar-refractivity contribution is 6.79. The molecule has 0 aromatic heterocycles. The lowest BCUT2D eigenvalue weighted by Crippen LogP contribution is -2.39. The summed E-state index contributed by atoms with van der Waals surface area (Å²) in [6.07, 6.45) is 0.768. The normalized spacial score (nSPS) is 11.2. The minimum atomic E-state index is -1.34. The maximum absolute atomic E-state index is 11.3.